The molecule has 0 amide bonds. The molecule has 1 aliphatic carbocycles. The number of allylic oxidation sites excluding steroid dienone is 5. The van der Waals surface area contributed by atoms with E-state index < -0.39 is 0 Å². The van der Waals surface area contributed by atoms with Gasteiger partial charge < -0.3 is 5.73 Å². The van der Waals surface area contributed by atoms with Crippen LogP contribution in [0, 0.1) is 0 Å². The van der Waals surface area contributed by atoms with Crippen LogP contribution in [0.4, 0.5) is 0 Å². The third-order valence-corrected chi connectivity index (χ3v) is 1.47. The van der Waals surface area contributed by atoms with Crippen LogP contribution >= 0.6 is 0 Å². The third kappa shape index (κ3) is 1.22. The molecule has 0 aromatic rings. The van der Waals surface area contributed by atoms with Crippen LogP contribution < -0.4 is 5.73 Å². The van der Waals surface area contributed by atoms with Crippen molar-refractivity contribution in [2.45, 2.75) is 13.3 Å². The summed E-state index contributed by atoms with van der Waals surface area (Å²) in [6.07, 6.45) is 9.06. The van der Waals surface area contributed by atoms with E-state index in [1.165, 1.54) is 5.57 Å². The molecule has 0 saturated heterocycles. The molecule has 2 N–H and O–H groups in total. The normalized spacial score (nSPS) is 22.3. The first-order chi connectivity index (χ1) is 4.34. The Morgan fingerprint density at radius 2 is 2.44 bits per heavy atom. The highest BCUT2D eigenvalue weighted by Crippen LogP contribution is 2.13. The van der Waals surface area contributed by atoms with Crippen molar-refractivity contribution in [3.63, 3.8) is 0 Å². The molecule has 0 aliphatic heterocycles. The van der Waals surface area contributed by atoms with Crippen molar-refractivity contribution in [2.75, 3.05) is 0 Å². The van der Waals surface area contributed by atoms with Gasteiger partial charge in [-0.2, -0.15) is 0 Å². The first-order valence-electron chi connectivity index (χ1n) is 3.12. The van der Waals surface area contributed by atoms with Crippen molar-refractivity contribution in [2.24, 2.45) is 5.73 Å². The zero-order valence-electron chi connectivity index (χ0n) is 5.59. The Balaban J connectivity index is 2.83. The molecule has 0 fully saturated rings. The number of nitrogens with two attached hydrogens (primary N) is 1. The zero-order chi connectivity index (χ0) is 6.69. The van der Waals surface area contributed by atoms with Gasteiger partial charge in [-0.15, -0.1) is 0 Å². The Hall–Kier alpha value is -0.980. The number of hydrogen-bond donors (Lipinski definition) is 1. The third-order valence-electron chi connectivity index (χ3n) is 1.47. The second-order valence-corrected chi connectivity index (χ2v) is 2.07. The van der Waals surface area contributed by atoms with Crippen molar-refractivity contribution in [1.82, 2.24) is 0 Å². The monoisotopic (exact) mass is 121 g/mol. The van der Waals surface area contributed by atoms with E-state index >= 15 is 0 Å². The molecule has 0 aromatic carbocycles. The summed E-state index contributed by atoms with van der Waals surface area (Å²) in [7, 11) is 0. The van der Waals surface area contributed by atoms with Crippen molar-refractivity contribution in [3.05, 3.63) is 35.6 Å². The molecule has 0 radical (unpaired) electrons. The van der Waals surface area contributed by atoms with E-state index in [2.05, 4.69) is 12.2 Å². The van der Waals surface area contributed by atoms with Gasteiger partial charge in [-0.1, -0.05) is 18.2 Å². The van der Waals surface area contributed by atoms with Crippen LogP contribution in [0.3, 0.4) is 0 Å². The average molecular weight is 121 g/mol. The van der Waals surface area contributed by atoms with E-state index in [1.54, 1.807) is 0 Å². The van der Waals surface area contributed by atoms with Crippen LogP contribution in [0.15, 0.2) is 35.6 Å². The summed E-state index contributed by atoms with van der Waals surface area (Å²) in [5.41, 5.74) is 7.77. The Labute approximate surface area is 55.6 Å². The maximum Gasteiger partial charge on any atom is 0.0346 e. The summed E-state index contributed by atoms with van der Waals surface area (Å²) in [6, 6.07) is 0. The van der Waals surface area contributed by atoms with Gasteiger partial charge in [0, 0.05) is 5.70 Å². The van der Waals surface area contributed by atoms with Gasteiger partial charge in [-0.05, 0) is 25.0 Å². The first-order valence-corrected chi connectivity index (χ1v) is 3.12. The van der Waals surface area contributed by atoms with Crippen LogP contribution in [-0.4, -0.2) is 0 Å². The fourth-order valence-corrected chi connectivity index (χ4v) is 0.876. The maximum atomic E-state index is 5.63. The van der Waals surface area contributed by atoms with Gasteiger partial charge in [0.05, 0.1) is 0 Å². The number of hydrogen-bond acceptors (Lipinski definition) is 1. The topological polar surface area (TPSA) is 26.0 Å². The SMILES string of the molecule is C/C=C1/CC=CC=C1N. The zero-order valence-corrected chi connectivity index (χ0v) is 5.59. The lowest BCUT2D eigenvalue weighted by molar-refractivity contribution is 1.15. The van der Waals surface area contributed by atoms with E-state index in [4.69, 9.17) is 5.73 Å². The Bertz CT molecular complexity index is 185. The van der Waals surface area contributed by atoms with Crippen LogP contribution in [-0.2, 0) is 0 Å². The van der Waals surface area contributed by atoms with Gasteiger partial charge in [0.1, 0.15) is 0 Å². The van der Waals surface area contributed by atoms with E-state index in [9.17, 15) is 0 Å². The average Bonchev–Trinajstić information content (AvgIpc) is 1.89. The molecule has 1 nitrogen and oxygen atoms in total. The summed E-state index contributed by atoms with van der Waals surface area (Å²) in [5.74, 6) is 0. The summed E-state index contributed by atoms with van der Waals surface area (Å²) in [5, 5.41) is 0. The molecule has 9 heavy (non-hydrogen) atoms. The van der Waals surface area contributed by atoms with Gasteiger partial charge in [-0.3, -0.25) is 0 Å². The molecule has 0 spiro atoms. The summed E-state index contributed by atoms with van der Waals surface area (Å²) in [4.78, 5) is 0. The van der Waals surface area contributed by atoms with Crippen LogP contribution in [0.5, 0.6) is 0 Å². The molecule has 1 rings (SSSR count). The molecule has 0 unspecified atom stereocenters. The Kier molecular flexibility index (Phi) is 1.73. The minimum absolute atomic E-state index is 0.903. The van der Waals surface area contributed by atoms with Crippen LogP contribution in [0.1, 0.15) is 13.3 Å². The lowest BCUT2D eigenvalue weighted by Crippen LogP contribution is -2.01. The highest BCUT2D eigenvalue weighted by atomic mass is 14.6. The van der Waals surface area contributed by atoms with Gasteiger partial charge in [0.15, 0.2) is 0 Å². The predicted molar refractivity (Wildman–Crippen MR) is 39.8 cm³/mol. The fraction of sp³-hybridized carbons (Fsp3) is 0.250. The minimum atomic E-state index is 0.903. The highest BCUT2D eigenvalue weighted by Gasteiger charge is 1.98. The van der Waals surface area contributed by atoms with Gasteiger partial charge in [-0.25, -0.2) is 0 Å². The molecule has 0 heterocycles. The van der Waals surface area contributed by atoms with Crippen LogP contribution in [0.2, 0.25) is 0 Å². The molecular weight excluding hydrogens is 110 g/mol. The van der Waals surface area contributed by atoms with Crippen molar-refractivity contribution >= 4 is 0 Å². The highest BCUT2D eigenvalue weighted by molar-refractivity contribution is 5.36. The van der Waals surface area contributed by atoms with E-state index in [1.807, 2.05) is 19.1 Å². The largest absolute Gasteiger partial charge is 0.399 e. The summed E-state index contributed by atoms with van der Waals surface area (Å²) < 4.78 is 0. The molecule has 48 valence electrons. The van der Waals surface area contributed by atoms with Crippen LogP contribution in [0.25, 0.3) is 0 Å². The molecule has 0 bridgehead atoms. The smallest absolute Gasteiger partial charge is 0.0346 e. The van der Waals surface area contributed by atoms with Gasteiger partial charge in [0.2, 0.25) is 0 Å². The molecule has 0 atom stereocenters. The Morgan fingerprint density at radius 1 is 1.67 bits per heavy atom. The van der Waals surface area contributed by atoms with E-state index in [0.717, 1.165) is 12.1 Å². The lowest BCUT2D eigenvalue weighted by Gasteiger charge is -2.06. The van der Waals surface area contributed by atoms with Gasteiger partial charge >= 0.3 is 0 Å². The van der Waals surface area contributed by atoms with E-state index in [0.29, 0.717) is 0 Å². The fourth-order valence-electron chi connectivity index (χ4n) is 0.876. The Morgan fingerprint density at radius 3 is 2.89 bits per heavy atom. The summed E-state index contributed by atoms with van der Waals surface area (Å²) >= 11 is 0. The van der Waals surface area contributed by atoms with Crippen molar-refractivity contribution < 1.29 is 0 Å². The molecule has 0 saturated carbocycles. The van der Waals surface area contributed by atoms with Crippen molar-refractivity contribution in [3.8, 4) is 0 Å². The quantitative estimate of drug-likeness (QED) is 0.519. The van der Waals surface area contributed by atoms with Crippen molar-refractivity contribution in [1.29, 1.82) is 0 Å². The maximum absolute atomic E-state index is 5.63. The molecule has 0 aromatic heterocycles. The second kappa shape index (κ2) is 2.53. The first kappa shape index (κ1) is 6.14. The van der Waals surface area contributed by atoms with E-state index in [-0.39, 0.29) is 0 Å². The predicted octanol–water partition coefficient (Wildman–Crippen LogP) is 1.74. The summed E-state index contributed by atoms with van der Waals surface area (Å²) in [6.45, 7) is 2.01. The van der Waals surface area contributed by atoms with Gasteiger partial charge in [0.25, 0.3) is 0 Å². The molecule has 1 heteroatoms. The lowest BCUT2D eigenvalue weighted by atomic mass is 10.1. The molecular formula is C8H11N. The number of rotatable bonds is 0. The second-order valence-electron chi connectivity index (χ2n) is 2.07. The minimum Gasteiger partial charge on any atom is -0.399 e. The standard InChI is InChI=1S/C8H11N/c1-2-7-5-3-4-6-8(7)9/h2-4,6H,5,9H2,1H3/b7-2-. The molecule has 1 aliphatic rings.